The third-order valence-corrected chi connectivity index (χ3v) is 4.57. The van der Waals surface area contributed by atoms with Gasteiger partial charge in [-0.1, -0.05) is 0 Å². The molecule has 1 aromatic carbocycles. The van der Waals surface area contributed by atoms with E-state index in [-0.39, 0.29) is 16.2 Å². The lowest BCUT2D eigenvalue weighted by Crippen LogP contribution is -2.33. The summed E-state index contributed by atoms with van der Waals surface area (Å²) in [6, 6.07) is 6.72. The maximum Gasteiger partial charge on any atom is 0.269 e. The second-order valence-corrected chi connectivity index (χ2v) is 5.91. The Bertz CT molecular complexity index is 449. The fourth-order valence-corrected chi connectivity index (χ4v) is 3.07. The van der Waals surface area contributed by atoms with Crippen LogP contribution < -0.4 is 0 Å². The van der Waals surface area contributed by atoms with Crippen molar-refractivity contribution in [2.24, 2.45) is 0 Å². The lowest BCUT2D eigenvalue weighted by atomic mass is 10.00. The van der Waals surface area contributed by atoms with Crippen molar-refractivity contribution in [3.05, 3.63) is 34.4 Å². The molecule has 0 saturated carbocycles. The first kappa shape index (κ1) is 12.0. The van der Waals surface area contributed by atoms with E-state index in [1.807, 2.05) is 0 Å². The summed E-state index contributed by atoms with van der Waals surface area (Å²) < 4.78 is 7.77. The maximum atomic E-state index is 10.6. The minimum absolute atomic E-state index is 0.142. The van der Waals surface area contributed by atoms with Gasteiger partial charge < -0.3 is 4.74 Å². The van der Waals surface area contributed by atoms with Crippen molar-refractivity contribution in [2.75, 3.05) is 19.7 Å². The number of epoxide rings is 1. The summed E-state index contributed by atoms with van der Waals surface area (Å²) in [6.07, 6.45) is 2.18. The Morgan fingerprint density at radius 2 is 1.89 bits per heavy atom. The van der Waals surface area contributed by atoms with Crippen molar-refractivity contribution in [3.8, 4) is 0 Å². The second-order valence-electron chi connectivity index (χ2n) is 4.74. The number of piperidine rings is 1. The van der Waals surface area contributed by atoms with Crippen LogP contribution in [0.1, 0.15) is 12.8 Å². The molecule has 2 fully saturated rings. The summed E-state index contributed by atoms with van der Waals surface area (Å²) in [4.78, 5) is 11.2. The average Bonchev–Trinajstić information content (AvgIpc) is 3.13. The molecule has 0 amide bonds. The van der Waals surface area contributed by atoms with Crippen LogP contribution in [-0.4, -0.2) is 34.5 Å². The highest BCUT2D eigenvalue weighted by Crippen LogP contribution is 2.40. The van der Waals surface area contributed by atoms with E-state index >= 15 is 0 Å². The maximum absolute atomic E-state index is 10.6. The smallest absolute Gasteiger partial charge is 0.269 e. The zero-order valence-corrected chi connectivity index (χ0v) is 10.7. The van der Waals surface area contributed by atoms with Crippen molar-refractivity contribution in [1.82, 2.24) is 4.31 Å². The topological polar surface area (TPSA) is 58.9 Å². The molecule has 3 rings (SSSR count). The molecule has 2 heterocycles. The van der Waals surface area contributed by atoms with E-state index in [1.54, 1.807) is 36.2 Å². The molecule has 5 nitrogen and oxygen atoms in total. The number of hydrogen-bond acceptors (Lipinski definition) is 5. The molecule has 1 spiro atoms. The molecular weight excluding hydrogens is 252 g/mol. The monoisotopic (exact) mass is 266 g/mol. The molecule has 0 unspecified atom stereocenters. The highest BCUT2D eigenvalue weighted by atomic mass is 32.2. The van der Waals surface area contributed by atoms with E-state index in [2.05, 4.69) is 4.31 Å². The molecule has 2 aliphatic heterocycles. The van der Waals surface area contributed by atoms with Crippen LogP contribution in [0.25, 0.3) is 0 Å². The summed E-state index contributed by atoms with van der Waals surface area (Å²) in [5.74, 6) is 0. The van der Waals surface area contributed by atoms with E-state index in [1.165, 1.54) is 0 Å². The normalized spacial score (nSPS) is 22.0. The Labute approximate surface area is 109 Å². The van der Waals surface area contributed by atoms with Gasteiger partial charge in [0.2, 0.25) is 0 Å². The third kappa shape index (κ3) is 2.50. The lowest BCUT2D eigenvalue weighted by molar-refractivity contribution is -0.384. The summed E-state index contributed by atoms with van der Waals surface area (Å²) in [5, 5.41) is 10.6. The highest BCUT2D eigenvalue weighted by Gasteiger charge is 2.46. The van der Waals surface area contributed by atoms with E-state index in [0.29, 0.717) is 0 Å². The zero-order chi connectivity index (χ0) is 12.6. The van der Waals surface area contributed by atoms with Crippen molar-refractivity contribution in [2.45, 2.75) is 23.3 Å². The quantitative estimate of drug-likeness (QED) is 0.364. The Morgan fingerprint density at radius 1 is 1.28 bits per heavy atom. The predicted molar refractivity (Wildman–Crippen MR) is 68.4 cm³/mol. The van der Waals surface area contributed by atoms with E-state index in [4.69, 9.17) is 4.74 Å². The third-order valence-electron chi connectivity index (χ3n) is 3.47. The highest BCUT2D eigenvalue weighted by molar-refractivity contribution is 7.97. The second kappa shape index (κ2) is 4.53. The van der Waals surface area contributed by atoms with E-state index < -0.39 is 0 Å². The predicted octanol–water partition coefficient (Wildman–Crippen LogP) is 2.47. The number of hydrogen-bond donors (Lipinski definition) is 0. The first-order chi connectivity index (χ1) is 8.67. The minimum Gasteiger partial charge on any atom is -0.369 e. The number of nitro benzene ring substituents is 1. The summed E-state index contributed by atoms with van der Waals surface area (Å²) >= 11 is 1.67. The number of nitro groups is 1. The van der Waals surface area contributed by atoms with Gasteiger partial charge >= 0.3 is 0 Å². The Kier molecular flexibility index (Phi) is 3.01. The largest absolute Gasteiger partial charge is 0.369 e. The van der Waals surface area contributed by atoms with Crippen LogP contribution in [-0.2, 0) is 4.74 Å². The first-order valence-electron chi connectivity index (χ1n) is 5.98. The summed E-state index contributed by atoms with van der Waals surface area (Å²) in [5.41, 5.74) is 0.343. The van der Waals surface area contributed by atoms with Gasteiger partial charge in [-0.3, -0.25) is 10.1 Å². The van der Waals surface area contributed by atoms with Crippen molar-refractivity contribution in [1.29, 1.82) is 0 Å². The number of non-ortho nitro benzene ring substituents is 1. The van der Waals surface area contributed by atoms with Crippen molar-refractivity contribution < 1.29 is 9.66 Å². The Balaban J connectivity index is 1.57. The van der Waals surface area contributed by atoms with Gasteiger partial charge in [-0.05, 0) is 36.9 Å². The van der Waals surface area contributed by atoms with Crippen molar-refractivity contribution >= 4 is 17.6 Å². The molecule has 0 aliphatic carbocycles. The standard InChI is InChI=1S/C12H14N2O3S/c15-14(16)10-1-3-11(4-2-10)18-13-7-5-12(6-8-13)9-17-12/h1-4H,5-9H2. The number of rotatable bonds is 3. The molecule has 0 bridgehead atoms. The van der Waals surface area contributed by atoms with Crippen LogP contribution in [0.2, 0.25) is 0 Å². The van der Waals surface area contributed by atoms with Gasteiger partial charge in [-0.25, -0.2) is 4.31 Å². The van der Waals surface area contributed by atoms with Gasteiger partial charge in [-0.2, -0.15) is 0 Å². The van der Waals surface area contributed by atoms with Crippen LogP contribution in [0.4, 0.5) is 5.69 Å². The lowest BCUT2D eigenvalue weighted by Gasteiger charge is -2.28. The van der Waals surface area contributed by atoms with Gasteiger partial charge in [0.05, 0.1) is 17.1 Å². The van der Waals surface area contributed by atoms with E-state index in [9.17, 15) is 10.1 Å². The van der Waals surface area contributed by atoms with Crippen molar-refractivity contribution in [3.63, 3.8) is 0 Å². The van der Waals surface area contributed by atoms with Gasteiger partial charge in [0.15, 0.2) is 0 Å². The van der Waals surface area contributed by atoms with Crippen LogP contribution >= 0.6 is 11.9 Å². The summed E-state index contributed by atoms with van der Waals surface area (Å²) in [7, 11) is 0. The molecule has 0 atom stereocenters. The molecule has 6 heteroatoms. The Morgan fingerprint density at radius 3 is 2.39 bits per heavy atom. The molecule has 18 heavy (non-hydrogen) atoms. The summed E-state index contributed by atoms with van der Waals surface area (Å²) in [6.45, 7) is 2.95. The van der Waals surface area contributed by atoms with Gasteiger partial charge in [0.1, 0.15) is 0 Å². The molecule has 2 aliphatic rings. The first-order valence-corrected chi connectivity index (χ1v) is 6.76. The SMILES string of the molecule is O=[N+]([O-])c1ccc(SN2CCC3(CC2)CO3)cc1. The number of benzene rings is 1. The molecule has 96 valence electrons. The molecular formula is C12H14N2O3S. The fourth-order valence-electron chi connectivity index (χ4n) is 2.15. The fraction of sp³-hybridized carbons (Fsp3) is 0.500. The van der Waals surface area contributed by atoms with Gasteiger partial charge in [0.25, 0.3) is 5.69 Å². The number of ether oxygens (including phenoxy) is 1. The minimum atomic E-state index is -0.371. The molecule has 0 N–H and O–H groups in total. The molecule has 1 aromatic rings. The molecule has 0 aromatic heterocycles. The number of nitrogens with zero attached hydrogens (tertiary/aromatic N) is 2. The van der Waals surface area contributed by atoms with Gasteiger partial charge in [0, 0.05) is 30.1 Å². The zero-order valence-electron chi connectivity index (χ0n) is 9.87. The van der Waals surface area contributed by atoms with Gasteiger partial charge in [-0.15, -0.1) is 0 Å². The molecule has 2 saturated heterocycles. The average molecular weight is 266 g/mol. The van der Waals surface area contributed by atoms with Crippen LogP contribution in [0, 0.1) is 10.1 Å². The molecule has 0 radical (unpaired) electrons. The van der Waals surface area contributed by atoms with Crippen LogP contribution in [0.5, 0.6) is 0 Å². The van der Waals surface area contributed by atoms with Crippen LogP contribution in [0.3, 0.4) is 0 Å². The van der Waals surface area contributed by atoms with E-state index in [0.717, 1.165) is 37.4 Å². The Hall–Kier alpha value is -1.11. The van der Waals surface area contributed by atoms with Crippen LogP contribution in [0.15, 0.2) is 29.2 Å².